The van der Waals surface area contributed by atoms with Crippen LogP contribution in [0.4, 0.5) is 0 Å². The van der Waals surface area contributed by atoms with Gasteiger partial charge < -0.3 is 5.32 Å². The van der Waals surface area contributed by atoms with Gasteiger partial charge in [0, 0.05) is 17.1 Å². The molecule has 3 heteroatoms. The summed E-state index contributed by atoms with van der Waals surface area (Å²) in [6.07, 6.45) is 1.87. The average Bonchev–Trinajstić information content (AvgIpc) is 2.60. The molecule has 1 atom stereocenters. The second-order valence-electron chi connectivity index (χ2n) is 6.23. The molecule has 1 N–H and O–H groups in total. The predicted molar refractivity (Wildman–Crippen MR) is 98.2 cm³/mol. The molecule has 0 aliphatic heterocycles. The van der Waals surface area contributed by atoms with Gasteiger partial charge in [0.05, 0.1) is 11.1 Å². The van der Waals surface area contributed by atoms with Crippen molar-refractivity contribution < 1.29 is 4.79 Å². The van der Waals surface area contributed by atoms with Crippen molar-refractivity contribution in [2.75, 3.05) is 0 Å². The largest absolute Gasteiger partial charge is 0.350 e. The van der Waals surface area contributed by atoms with Gasteiger partial charge in [-0.05, 0) is 44.4 Å². The van der Waals surface area contributed by atoms with Crippen molar-refractivity contribution in [3.05, 3.63) is 77.5 Å². The van der Waals surface area contributed by atoms with Crippen LogP contribution in [0.15, 0.2) is 60.7 Å². The topological polar surface area (TPSA) is 42.0 Å². The number of carbonyl (C=O) groups excluding carboxylic acids is 1. The maximum absolute atomic E-state index is 12.7. The monoisotopic (exact) mass is 318 g/mol. The molecule has 1 heterocycles. The number of benzene rings is 2. The molecule has 0 saturated heterocycles. The van der Waals surface area contributed by atoms with E-state index >= 15 is 0 Å². The number of fused-ring (bicyclic) bond motifs is 1. The fraction of sp³-hybridized carbons (Fsp3) is 0.238. The Morgan fingerprint density at radius 3 is 2.58 bits per heavy atom. The van der Waals surface area contributed by atoms with E-state index in [-0.39, 0.29) is 11.9 Å². The highest BCUT2D eigenvalue weighted by molar-refractivity contribution is 6.06. The normalized spacial score (nSPS) is 12.1. The summed E-state index contributed by atoms with van der Waals surface area (Å²) in [7, 11) is 0. The van der Waals surface area contributed by atoms with Crippen molar-refractivity contribution in [1.82, 2.24) is 10.3 Å². The Hall–Kier alpha value is -2.68. The van der Waals surface area contributed by atoms with Crippen molar-refractivity contribution in [2.24, 2.45) is 0 Å². The van der Waals surface area contributed by atoms with Crippen molar-refractivity contribution in [3.63, 3.8) is 0 Å². The van der Waals surface area contributed by atoms with E-state index in [9.17, 15) is 4.79 Å². The third-order valence-corrected chi connectivity index (χ3v) is 4.18. The minimum Gasteiger partial charge on any atom is -0.350 e. The van der Waals surface area contributed by atoms with Crippen LogP contribution in [0.25, 0.3) is 10.9 Å². The van der Waals surface area contributed by atoms with Gasteiger partial charge in [0.15, 0.2) is 0 Å². The number of nitrogens with one attached hydrogen (secondary N) is 1. The first-order valence-corrected chi connectivity index (χ1v) is 8.34. The summed E-state index contributed by atoms with van der Waals surface area (Å²) in [4.78, 5) is 17.2. The van der Waals surface area contributed by atoms with Crippen LogP contribution < -0.4 is 5.32 Å². The van der Waals surface area contributed by atoms with Gasteiger partial charge in [-0.1, -0.05) is 48.5 Å². The van der Waals surface area contributed by atoms with E-state index in [4.69, 9.17) is 0 Å². The SMILES string of the molecule is Cc1cc(C(=O)NC(C)CCc2ccccc2)c2ccccc2n1. The number of aromatic nitrogens is 1. The molecule has 0 spiro atoms. The molecule has 1 amide bonds. The van der Waals surface area contributed by atoms with E-state index < -0.39 is 0 Å². The van der Waals surface area contributed by atoms with Gasteiger partial charge in [0.1, 0.15) is 0 Å². The number of aryl methyl sites for hydroxylation is 2. The number of pyridine rings is 1. The molecular weight excluding hydrogens is 296 g/mol. The number of amides is 1. The van der Waals surface area contributed by atoms with E-state index in [0.29, 0.717) is 5.56 Å². The highest BCUT2D eigenvalue weighted by Gasteiger charge is 2.14. The molecule has 1 unspecified atom stereocenters. The van der Waals surface area contributed by atoms with Gasteiger partial charge in [-0.3, -0.25) is 9.78 Å². The lowest BCUT2D eigenvalue weighted by atomic mass is 10.0. The van der Waals surface area contributed by atoms with Crippen molar-refractivity contribution >= 4 is 16.8 Å². The summed E-state index contributed by atoms with van der Waals surface area (Å²) in [5.41, 5.74) is 3.71. The van der Waals surface area contributed by atoms with Crippen molar-refractivity contribution in [2.45, 2.75) is 32.7 Å². The minimum absolute atomic E-state index is 0.0303. The zero-order valence-corrected chi connectivity index (χ0v) is 14.1. The maximum atomic E-state index is 12.7. The molecule has 3 rings (SSSR count). The number of hydrogen-bond donors (Lipinski definition) is 1. The van der Waals surface area contributed by atoms with Gasteiger partial charge in [0.25, 0.3) is 5.91 Å². The van der Waals surface area contributed by atoms with E-state index in [2.05, 4.69) is 29.4 Å². The number of hydrogen-bond acceptors (Lipinski definition) is 2. The first-order chi connectivity index (χ1) is 11.6. The summed E-state index contributed by atoms with van der Waals surface area (Å²) in [6, 6.07) is 20.1. The fourth-order valence-corrected chi connectivity index (χ4v) is 2.90. The quantitative estimate of drug-likeness (QED) is 0.762. The Balaban J connectivity index is 1.70. The molecule has 0 fully saturated rings. The molecule has 0 saturated carbocycles. The lowest BCUT2D eigenvalue weighted by Gasteiger charge is -2.15. The molecule has 3 aromatic rings. The van der Waals surface area contributed by atoms with Crippen LogP contribution in [0.5, 0.6) is 0 Å². The maximum Gasteiger partial charge on any atom is 0.252 e. The number of nitrogens with zero attached hydrogens (tertiary/aromatic N) is 1. The lowest BCUT2D eigenvalue weighted by Crippen LogP contribution is -2.33. The number of carbonyl (C=O) groups is 1. The van der Waals surface area contributed by atoms with Crippen molar-refractivity contribution in [1.29, 1.82) is 0 Å². The van der Waals surface area contributed by atoms with Gasteiger partial charge in [-0.25, -0.2) is 0 Å². The third-order valence-electron chi connectivity index (χ3n) is 4.18. The van der Waals surface area contributed by atoms with E-state index in [0.717, 1.165) is 29.4 Å². The molecular formula is C21H22N2O. The number of rotatable bonds is 5. The molecule has 0 aliphatic carbocycles. The Morgan fingerprint density at radius 1 is 1.08 bits per heavy atom. The molecule has 122 valence electrons. The third kappa shape index (κ3) is 3.80. The summed E-state index contributed by atoms with van der Waals surface area (Å²) in [6.45, 7) is 3.97. The number of para-hydroxylation sites is 1. The first kappa shape index (κ1) is 16.2. The van der Waals surface area contributed by atoms with Gasteiger partial charge >= 0.3 is 0 Å². The van der Waals surface area contributed by atoms with Gasteiger partial charge in [0.2, 0.25) is 0 Å². The van der Waals surface area contributed by atoms with Crippen LogP contribution in [0, 0.1) is 6.92 Å². The second-order valence-corrected chi connectivity index (χ2v) is 6.23. The van der Waals surface area contributed by atoms with Crippen LogP contribution in [0.1, 0.15) is 35.0 Å². The average molecular weight is 318 g/mol. The van der Waals surface area contributed by atoms with Gasteiger partial charge in [-0.2, -0.15) is 0 Å². The summed E-state index contributed by atoms with van der Waals surface area (Å²) in [5.74, 6) is -0.0303. The Morgan fingerprint density at radius 2 is 1.79 bits per heavy atom. The van der Waals surface area contributed by atoms with Crippen LogP contribution >= 0.6 is 0 Å². The summed E-state index contributed by atoms with van der Waals surface area (Å²) in [5, 5.41) is 4.02. The molecule has 3 nitrogen and oxygen atoms in total. The molecule has 24 heavy (non-hydrogen) atoms. The molecule has 1 aromatic heterocycles. The Kier molecular flexibility index (Phi) is 4.90. The van der Waals surface area contributed by atoms with Crippen LogP contribution in [0.3, 0.4) is 0 Å². The highest BCUT2D eigenvalue weighted by Crippen LogP contribution is 2.18. The Labute approximate surface area is 142 Å². The molecule has 0 bridgehead atoms. The first-order valence-electron chi connectivity index (χ1n) is 8.34. The van der Waals surface area contributed by atoms with Crippen LogP contribution in [-0.4, -0.2) is 16.9 Å². The van der Waals surface area contributed by atoms with Crippen LogP contribution in [0.2, 0.25) is 0 Å². The predicted octanol–water partition coefficient (Wildman–Crippen LogP) is 4.29. The Bertz CT molecular complexity index is 843. The molecule has 2 aromatic carbocycles. The van der Waals surface area contributed by atoms with Gasteiger partial charge in [-0.15, -0.1) is 0 Å². The van der Waals surface area contributed by atoms with E-state index in [1.807, 2.05) is 55.5 Å². The smallest absolute Gasteiger partial charge is 0.252 e. The highest BCUT2D eigenvalue weighted by atomic mass is 16.1. The minimum atomic E-state index is -0.0303. The zero-order valence-electron chi connectivity index (χ0n) is 14.1. The second kappa shape index (κ2) is 7.26. The van der Waals surface area contributed by atoms with E-state index in [1.54, 1.807) is 0 Å². The molecule has 0 aliphatic rings. The van der Waals surface area contributed by atoms with Crippen molar-refractivity contribution in [3.8, 4) is 0 Å². The fourth-order valence-electron chi connectivity index (χ4n) is 2.90. The standard InChI is InChI=1S/C21H22N2O/c1-15(12-13-17-8-4-3-5-9-17)23-21(24)19-14-16(2)22-20-11-7-6-10-18(19)20/h3-11,14-15H,12-13H2,1-2H3,(H,23,24). The molecule has 0 radical (unpaired) electrons. The lowest BCUT2D eigenvalue weighted by molar-refractivity contribution is 0.0940. The summed E-state index contributed by atoms with van der Waals surface area (Å²) < 4.78 is 0. The van der Waals surface area contributed by atoms with E-state index in [1.165, 1.54) is 5.56 Å². The summed E-state index contributed by atoms with van der Waals surface area (Å²) >= 11 is 0. The zero-order chi connectivity index (χ0) is 16.9. The van der Waals surface area contributed by atoms with Crippen LogP contribution in [-0.2, 0) is 6.42 Å².